The van der Waals surface area contributed by atoms with Crippen molar-refractivity contribution in [3.63, 3.8) is 0 Å². The van der Waals surface area contributed by atoms with Crippen LogP contribution in [0.4, 0.5) is 0 Å². The van der Waals surface area contributed by atoms with Crippen LogP contribution in [0.15, 0.2) is 97.1 Å². The van der Waals surface area contributed by atoms with Gasteiger partial charge in [0, 0.05) is 20.0 Å². The van der Waals surface area contributed by atoms with E-state index in [1.807, 2.05) is 78.7 Å². The molecule has 4 aromatic carbocycles. The average molecular weight is 632 g/mol. The van der Waals surface area contributed by atoms with E-state index in [4.69, 9.17) is 15.2 Å². The summed E-state index contributed by atoms with van der Waals surface area (Å²) in [5.41, 5.74) is 13.5. The number of nitrogens with zero attached hydrogens (tertiary/aromatic N) is 2. The van der Waals surface area contributed by atoms with Crippen LogP contribution in [0.2, 0.25) is 0 Å². The Bertz CT molecular complexity index is 1740. The van der Waals surface area contributed by atoms with Crippen LogP contribution in [0.25, 0.3) is 0 Å². The number of fused-ring (bicyclic) bond motifs is 2. The number of aryl methyl sites for hydroxylation is 1. The summed E-state index contributed by atoms with van der Waals surface area (Å²) in [6.07, 6.45) is 3.73. The summed E-state index contributed by atoms with van der Waals surface area (Å²) in [6.45, 7) is 0.688. The van der Waals surface area contributed by atoms with Gasteiger partial charge >= 0.3 is 5.97 Å². The summed E-state index contributed by atoms with van der Waals surface area (Å²) in [7, 11) is 3.23. The minimum absolute atomic E-state index is 0.0183. The minimum atomic E-state index is -0.809. The SMILES string of the molecule is COC(=O)c1ccc(COc2ccc(CC(N)C(=O)N3Cc4ccccc4CC3C(=O)N(C)[C@@H]3CCCc4ccccc43)cc2)cc1. The molecule has 0 aromatic heterocycles. The Balaban J connectivity index is 1.12. The predicted molar refractivity (Wildman–Crippen MR) is 180 cm³/mol. The summed E-state index contributed by atoms with van der Waals surface area (Å²) in [6, 6.07) is 29.5. The second-order valence-electron chi connectivity index (χ2n) is 12.4. The van der Waals surface area contributed by atoms with Crippen molar-refractivity contribution in [3.8, 4) is 5.75 Å². The number of methoxy groups -OCH3 is 1. The third-order valence-electron chi connectivity index (χ3n) is 9.45. The zero-order chi connectivity index (χ0) is 32.9. The Labute approximate surface area is 276 Å². The first kappa shape index (κ1) is 32.0. The van der Waals surface area contributed by atoms with Gasteiger partial charge in [-0.2, -0.15) is 0 Å². The number of esters is 1. The number of carbonyl (C=O) groups is 3. The lowest BCUT2D eigenvalue weighted by Crippen LogP contribution is -2.57. The highest BCUT2D eigenvalue weighted by Crippen LogP contribution is 2.35. The summed E-state index contributed by atoms with van der Waals surface area (Å²) in [5.74, 6) is 0.0143. The molecule has 47 heavy (non-hydrogen) atoms. The van der Waals surface area contributed by atoms with E-state index < -0.39 is 12.1 Å². The fourth-order valence-corrected chi connectivity index (χ4v) is 6.79. The molecular formula is C39H41N3O5. The molecule has 2 unspecified atom stereocenters. The molecule has 0 fully saturated rings. The zero-order valence-corrected chi connectivity index (χ0v) is 26.9. The van der Waals surface area contributed by atoms with Gasteiger partial charge in [-0.05, 0) is 83.3 Å². The van der Waals surface area contributed by atoms with Crippen molar-refractivity contribution in [2.75, 3.05) is 14.2 Å². The third-order valence-corrected chi connectivity index (χ3v) is 9.45. The number of likely N-dealkylation sites (N-methyl/N-ethyl adjacent to an activating group) is 1. The van der Waals surface area contributed by atoms with Crippen LogP contribution >= 0.6 is 0 Å². The average Bonchev–Trinajstić information content (AvgIpc) is 3.12. The number of carbonyl (C=O) groups excluding carboxylic acids is 3. The first-order valence-electron chi connectivity index (χ1n) is 16.2. The van der Waals surface area contributed by atoms with E-state index in [1.165, 1.54) is 18.2 Å². The number of ether oxygens (including phenoxy) is 2. The van der Waals surface area contributed by atoms with Crippen LogP contribution in [-0.4, -0.2) is 53.8 Å². The largest absolute Gasteiger partial charge is 0.489 e. The Morgan fingerprint density at radius 3 is 2.26 bits per heavy atom. The maximum absolute atomic E-state index is 14.2. The zero-order valence-electron chi connectivity index (χ0n) is 26.9. The highest BCUT2D eigenvalue weighted by Gasteiger charge is 2.39. The molecule has 4 aromatic rings. The number of nitrogens with two attached hydrogens (primary N) is 1. The highest BCUT2D eigenvalue weighted by molar-refractivity contribution is 5.91. The maximum Gasteiger partial charge on any atom is 0.337 e. The van der Waals surface area contributed by atoms with Gasteiger partial charge in [-0.25, -0.2) is 4.79 Å². The monoisotopic (exact) mass is 631 g/mol. The van der Waals surface area contributed by atoms with Crippen molar-refractivity contribution in [1.29, 1.82) is 0 Å². The molecule has 6 rings (SSSR count). The fraction of sp³-hybridized carbons (Fsp3) is 0.308. The predicted octanol–water partition coefficient (Wildman–Crippen LogP) is 5.41. The lowest BCUT2D eigenvalue weighted by Gasteiger charge is -2.41. The molecule has 0 saturated carbocycles. The molecule has 0 spiro atoms. The molecule has 8 heteroatoms. The highest BCUT2D eigenvalue weighted by atomic mass is 16.5. The molecule has 0 bridgehead atoms. The molecule has 242 valence electrons. The number of benzene rings is 4. The number of hydrogen-bond donors (Lipinski definition) is 1. The van der Waals surface area contributed by atoms with Crippen LogP contribution in [0.5, 0.6) is 5.75 Å². The van der Waals surface area contributed by atoms with Gasteiger partial charge in [0.1, 0.15) is 18.4 Å². The Hall–Kier alpha value is -4.95. The Kier molecular flexibility index (Phi) is 9.68. The maximum atomic E-state index is 14.2. The van der Waals surface area contributed by atoms with Crippen LogP contribution in [0.1, 0.15) is 62.6 Å². The molecule has 2 amide bonds. The number of rotatable bonds is 9. The standard InChI is InChI=1S/C39H41N3O5/c1-41(35-13-7-11-28-8-5-6-12-33(28)35)38(44)36-23-30-9-3-4-10-31(30)24-42(36)37(43)34(40)22-26-16-20-32(21-17-26)47-25-27-14-18-29(19-15-27)39(45)46-2/h3-6,8-10,12,14-21,34-36H,7,11,13,22-25,40H2,1-2H3/t34?,35-,36?/m1/s1. The van der Waals surface area contributed by atoms with Gasteiger partial charge in [0.25, 0.3) is 0 Å². The molecule has 0 saturated heterocycles. The van der Waals surface area contributed by atoms with Crippen molar-refractivity contribution in [2.45, 2.75) is 63.4 Å². The topological polar surface area (TPSA) is 102 Å². The van der Waals surface area contributed by atoms with Crippen molar-refractivity contribution in [1.82, 2.24) is 9.80 Å². The second-order valence-corrected chi connectivity index (χ2v) is 12.4. The second kappa shape index (κ2) is 14.2. The molecule has 2 aliphatic rings. The van der Waals surface area contributed by atoms with Crippen molar-refractivity contribution < 1.29 is 23.9 Å². The van der Waals surface area contributed by atoms with E-state index in [9.17, 15) is 14.4 Å². The van der Waals surface area contributed by atoms with Crippen molar-refractivity contribution in [2.24, 2.45) is 5.73 Å². The third kappa shape index (κ3) is 7.08. The summed E-state index contributed by atoms with van der Waals surface area (Å²) >= 11 is 0. The molecule has 1 heterocycles. The van der Waals surface area contributed by atoms with Gasteiger partial charge in [0.05, 0.1) is 24.8 Å². The van der Waals surface area contributed by atoms with Crippen LogP contribution < -0.4 is 10.5 Å². The van der Waals surface area contributed by atoms with E-state index in [2.05, 4.69) is 18.2 Å². The van der Waals surface area contributed by atoms with E-state index >= 15 is 0 Å². The van der Waals surface area contributed by atoms with Gasteiger partial charge in [-0.1, -0.05) is 72.8 Å². The van der Waals surface area contributed by atoms with Crippen LogP contribution in [0, 0.1) is 0 Å². The summed E-state index contributed by atoms with van der Waals surface area (Å²) in [5, 5.41) is 0. The molecular weight excluding hydrogens is 590 g/mol. The van der Waals surface area contributed by atoms with E-state index in [-0.39, 0.29) is 23.8 Å². The molecule has 1 aliphatic carbocycles. The van der Waals surface area contributed by atoms with E-state index in [0.717, 1.165) is 41.5 Å². The molecule has 2 N–H and O–H groups in total. The van der Waals surface area contributed by atoms with Crippen molar-refractivity contribution >= 4 is 17.8 Å². The fourth-order valence-electron chi connectivity index (χ4n) is 6.79. The molecule has 1 aliphatic heterocycles. The lowest BCUT2D eigenvalue weighted by molar-refractivity contribution is -0.148. The van der Waals surface area contributed by atoms with E-state index in [0.29, 0.717) is 37.3 Å². The Morgan fingerprint density at radius 2 is 1.53 bits per heavy atom. The molecule has 8 nitrogen and oxygen atoms in total. The minimum Gasteiger partial charge on any atom is -0.489 e. The first-order chi connectivity index (χ1) is 22.8. The van der Waals surface area contributed by atoms with Crippen LogP contribution in [0.3, 0.4) is 0 Å². The quantitative estimate of drug-likeness (QED) is 0.248. The van der Waals surface area contributed by atoms with Crippen LogP contribution in [-0.2, 0) is 46.7 Å². The first-order valence-corrected chi connectivity index (χ1v) is 16.2. The van der Waals surface area contributed by atoms with E-state index in [1.54, 1.807) is 17.0 Å². The molecule has 3 atom stereocenters. The van der Waals surface area contributed by atoms with Crippen molar-refractivity contribution in [3.05, 3.63) is 136 Å². The smallest absolute Gasteiger partial charge is 0.337 e. The van der Waals surface area contributed by atoms with Gasteiger partial charge in [-0.3, -0.25) is 9.59 Å². The summed E-state index contributed by atoms with van der Waals surface area (Å²) in [4.78, 5) is 43.5. The van der Waals surface area contributed by atoms with Gasteiger partial charge in [0.15, 0.2) is 0 Å². The Morgan fingerprint density at radius 1 is 0.872 bits per heavy atom. The normalized spacial score (nSPS) is 17.6. The van der Waals surface area contributed by atoms with Gasteiger partial charge in [0.2, 0.25) is 11.8 Å². The summed E-state index contributed by atoms with van der Waals surface area (Å²) < 4.78 is 10.7. The van der Waals surface area contributed by atoms with Gasteiger partial charge in [-0.15, -0.1) is 0 Å². The van der Waals surface area contributed by atoms with Gasteiger partial charge < -0.3 is 25.0 Å². The number of amides is 2. The number of hydrogen-bond acceptors (Lipinski definition) is 6. The molecule has 0 radical (unpaired) electrons. The lowest BCUT2D eigenvalue weighted by atomic mass is 9.86.